The summed E-state index contributed by atoms with van der Waals surface area (Å²) >= 11 is 0. The van der Waals surface area contributed by atoms with Gasteiger partial charge >= 0.3 is 0 Å². The van der Waals surface area contributed by atoms with E-state index in [0.29, 0.717) is 12.1 Å². The van der Waals surface area contributed by atoms with E-state index in [-0.39, 0.29) is 11.8 Å². The fraction of sp³-hybridized carbons (Fsp3) is 0.900. The SMILES string of the molecule is C[C@@H]1C(=O)NCC2COCCN2[C@@H]1C. The Hall–Kier alpha value is -0.610. The van der Waals surface area contributed by atoms with Gasteiger partial charge < -0.3 is 10.1 Å². The zero-order valence-corrected chi connectivity index (χ0v) is 8.82. The quantitative estimate of drug-likeness (QED) is 0.588. The smallest absolute Gasteiger partial charge is 0.224 e. The van der Waals surface area contributed by atoms with E-state index < -0.39 is 0 Å². The van der Waals surface area contributed by atoms with Gasteiger partial charge in [0.1, 0.15) is 0 Å². The highest BCUT2D eigenvalue weighted by Gasteiger charge is 2.35. The summed E-state index contributed by atoms with van der Waals surface area (Å²) in [6, 6.07) is 0.694. The molecule has 2 saturated heterocycles. The van der Waals surface area contributed by atoms with Gasteiger partial charge in [0.2, 0.25) is 5.91 Å². The Morgan fingerprint density at radius 2 is 2.29 bits per heavy atom. The fourth-order valence-electron chi connectivity index (χ4n) is 2.27. The van der Waals surface area contributed by atoms with Crippen molar-refractivity contribution in [3.63, 3.8) is 0 Å². The Kier molecular flexibility index (Phi) is 2.74. The lowest BCUT2D eigenvalue weighted by Crippen LogP contribution is -2.52. The number of fused-ring (bicyclic) bond motifs is 1. The molecule has 0 radical (unpaired) electrons. The van der Waals surface area contributed by atoms with Gasteiger partial charge in [-0.25, -0.2) is 0 Å². The molecular weight excluding hydrogens is 180 g/mol. The molecular formula is C10H18N2O2. The van der Waals surface area contributed by atoms with Crippen molar-refractivity contribution in [2.75, 3.05) is 26.3 Å². The first-order valence-corrected chi connectivity index (χ1v) is 5.31. The third kappa shape index (κ3) is 1.64. The maximum absolute atomic E-state index is 11.6. The number of amides is 1. The van der Waals surface area contributed by atoms with Gasteiger partial charge in [-0.05, 0) is 6.92 Å². The van der Waals surface area contributed by atoms with E-state index in [0.717, 1.165) is 26.3 Å². The highest BCUT2D eigenvalue weighted by Crippen LogP contribution is 2.19. The molecule has 2 aliphatic heterocycles. The van der Waals surface area contributed by atoms with E-state index in [1.165, 1.54) is 0 Å². The maximum Gasteiger partial charge on any atom is 0.224 e. The van der Waals surface area contributed by atoms with Crippen molar-refractivity contribution in [3.05, 3.63) is 0 Å². The summed E-state index contributed by atoms with van der Waals surface area (Å²) in [5.41, 5.74) is 0. The molecule has 14 heavy (non-hydrogen) atoms. The van der Waals surface area contributed by atoms with Gasteiger partial charge in [-0.15, -0.1) is 0 Å². The zero-order chi connectivity index (χ0) is 10.1. The normalized spacial score (nSPS) is 39.9. The van der Waals surface area contributed by atoms with Crippen LogP contribution in [0.3, 0.4) is 0 Å². The van der Waals surface area contributed by atoms with Gasteiger partial charge in [-0.1, -0.05) is 6.92 Å². The van der Waals surface area contributed by atoms with E-state index in [1.807, 2.05) is 6.92 Å². The first-order chi connectivity index (χ1) is 6.70. The molecule has 4 heteroatoms. The second kappa shape index (κ2) is 3.87. The van der Waals surface area contributed by atoms with Crippen molar-refractivity contribution in [2.45, 2.75) is 25.9 Å². The third-order valence-corrected chi connectivity index (χ3v) is 3.45. The molecule has 80 valence electrons. The lowest BCUT2D eigenvalue weighted by molar-refractivity contribution is -0.125. The van der Waals surface area contributed by atoms with Crippen molar-refractivity contribution < 1.29 is 9.53 Å². The Balaban J connectivity index is 2.14. The van der Waals surface area contributed by atoms with Gasteiger partial charge in [-0.3, -0.25) is 9.69 Å². The van der Waals surface area contributed by atoms with E-state index >= 15 is 0 Å². The summed E-state index contributed by atoms with van der Waals surface area (Å²) in [4.78, 5) is 14.0. The zero-order valence-electron chi connectivity index (χ0n) is 8.82. The van der Waals surface area contributed by atoms with Gasteiger partial charge in [-0.2, -0.15) is 0 Å². The summed E-state index contributed by atoms with van der Waals surface area (Å²) in [6.45, 7) is 7.35. The lowest BCUT2D eigenvalue weighted by Gasteiger charge is -2.38. The molecule has 0 aromatic carbocycles. The van der Waals surface area contributed by atoms with Crippen molar-refractivity contribution in [3.8, 4) is 0 Å². The van der Waals surface area contributed by atoms with Crippen molar-refractivity contribution >= 4 is 5.91 Å². The first kappa shape index (κ1) is 9.93. The van der Waals surface area contributed by atoms with E-state index in [2.05, 4.69) is 17.1 Å². The second-order valence-corrected chi connectivity index (χ2v) is 4.24. The first-order valence-electron chi connectivity index (χ1n) is 5.31. The van der Waals surface area contributed by atoms with Gasteiger partial charge in [0.05, 0.1) is 25.2 Å². The molecule has 3 atom stereocenters. The summed E-state index contributed by atoms with van der Waals surface area (Å²) in [6.07, 6.45) is 0. The van der Waals surface area contributed by atoms with Crippen LogP contribution in [0.5, 0.6) is 0 Å². The van der Waals surface area contributed by atoms with Gasteiger partial charge in [0.25, 0.3) is 0 Å². The Morgan fingerprint density at radius 3 is 3.07 bits per heavy atom. The topological polar surface area (TPSA) is 41.6 Å². The summed E-state index contributed by atoms with van der Waals surface area (Å²) < 4.78 is 5.42. The molecule has 2 fully saturated rings. The summed E-state index contributed by atoms with van der Waals surface area (Å²) in [7, 11) is 0. The molecule has 4 nitrogen and oxygen atoms in total. The number of nitrogens with one attached hydrogen (secondary N) is 1. The van der Waals surface area contributed by atoms with Crippen molar-refractivity contribution in [1.82, 2.24) is 10.2 Å². The van der Waals surface area contributed by atoms with E-state index in [1.54, 1.807) is 0 Å². The van der Waals surface area contributed by atoms with Crippen LogP contribution in [0.15, 0.2) is 0 Å². The monoisotopic (exact) mass is 198 g/mol. The Bertz CT molecular complexity index is 232. The molecule has 0 aliphatic carbocycles. The van der Waals surface area contributed by atoms with Crippen LogP contribution < -0.4 is 5.32 Å². The minimum atomic E-state index is 0.0816. The van der Waals surface area contributed by atoms with Gasteiger partial charge in [0, 0.05) is 19.1 Å². The third-order valence-electron chi connectivity index (χ3n) is 3.45. The van der Waals surface area contributed by atoms with Crippen molar-refractivity contribution in [1.29, 1.82) is 0 Å². The van der Waals surface area contributed by atoms with Crippen LogP contribution in [0.25, 0.3) is 0 Å². The molecule has 1 amide bonds. The molecule has 0 spiro atoms. The highest BCUT2D eigenvalue weighted by molar-refractivity contribution is 5.79. The van der Waals surface area contributed by atoms with Crippen LogP contribution in [0.2, 0.25) is 0 Å². The Labute approximate surface area is 84.6 Å². The number of morpholine rings is 1. The van der Waals surface area contributed by atoms with E-state index in [4.69, 9.17) is 4.74 Å². The predicted octanol–water partition coefficient (Wildman–Crippen LogP) is -0.158. The molecule has 0 bridgehead atoms. The number of rotatable bonds is 0. The number of carbonyl (C=O) groups excluding carboxylic acids is 1. The number of hydrogen-bond acceptors (Lipinski definition) is 3. The summed E-state index contributed by atoms with van der Waals surface area (Å²) in [5.74, 6) is 0.255. The lowest BCUT2D eigenvalue weighted by atomic mass is 10.0. The van der Waals surface area contributed by atoms with E-state index in [9.17, 15) is 4.79 Å². The minimum absolute atomic E-state index is 0.0816. The van der Waals surface area contributed by atoms with Crippen LogP contribution in [0, 0.1) is 5.92 Å². The second-order valence-electron chi connectivity index (χ2n) is 4.24. The predicted molar refractivity (Wildman–Crippen MR) is 52.9 cm³/mol. The average molecular weight is 198 g/mol. The summed E-state index contributed by atoms with van der Waals surface area (Å²) in [5, 5.41) is 2.96. The number of nitrogens with zero attached hydrogens (tertiary/aromatic N) is 1. The van der Waals surface area contributed by atoms with Crippen LogP contribution >= 0.6 is 0 Å². The number of ether oxygens (including phenoxy) is 1. The molecule has 0 aromatic heterocycles. The number of hydrogen-bond donors (Lipinski definition) is 1. The molecule has 2 rings (SSSR count). The highest BCUT2D eigenvalue weighted by atomic mass is 16.5. The Morgan fingerprint density at radius 1 is 1.50 bits per heavy atom. The molecule has 0 aromatic rings. The van der Waals surface area contributed by atoms with Crippen LogP contribution in [-0.2, 0) is 9.53 Å². The van der Waals surface area contributed by atoms with Crippen LogP contribution in [0.1, 0.15) is 13.8 Å². The maximum atomic E-state index is 11.6. The standard InChI is InChI=1S/C10H18N2O2/c1-7-8(2)12-3-4-14-6-9(12)5-11-10(7)13/h7-9H,3-6H2,1-2H3,(H,11,13)/t7-,8+,9?/m0/s1. The largest absolute Gasteiger partial charge is 0.378 e. The minimum Gasteiger partial charge on any atom is -0.378 e. The average Bonchev–Trinajstić information content (AvgIpc) is 2.32. The van der Waals surface area contributed by atoms with Crippen LogP contribution in [0.4, 0.5) is 0 Å². The van der Waals surface area contributed by atoms with Gasteiger partial charge in [0.15, 0.2) is 0 Å². The number of carbonyl (C=O) groups is 1. The molecule has 1 unspecified atom stereocenters. The fourth-order valence-corrected chi connectivity index (χ4v) is 2.27. The molecule has 0 saturated carbocycles. The van der Waals surface area contributed by atoms with Crippen LogP contribution in [-0.4, -0.2) is 49.2 Å². The molecule has 2 heterocycles. The molecule has 1 N–H and O–H groups in total. The molecule has 2 aliphatic rings. The van der Waals surface area contributed by atoms with Crippen molar-refractivity contribution in [2.24, 2.45) is 5.92 Å².